The number of nitrogens with two attached hydrogens (primary N) is 1. The van der Waals surface area contributed by atoms with Crippen molar-refractivity contribution in [2.45, 2.75) is 33.4 Å². The van der Waals surface area contributed by atoms with Crippen molar-refractivity contribution in [2.24, 2.45) is 15.9 Å². The van der Waals surface area contributed by atoms with Crippen molar-refractivity contribution in [2.75, 3.05) is 19.0 Å². The summed E-state index contributed by atoms with van der Waals surface area (Å²) in [5.74, 6) is -1.02. The van der Waals surface area contributed by atoms with Crippen molar-refractivity contribution in [1.82, 2.24) is 4.90 Å². The van der Waals surface area contributed by atoms with E-state index in [1.54, 1.807) is 17.0 Å². The van der Waals surface area contributed by atoms with Crippen LogP contribution in [0, 0.1) is 5.41 Å². The Kier molecular flexibility index (Phi) is 6.68. The molecule has 0 saturated heterocycles. The van der Waals surface area contributed by atoms with Gasteiger partial charge < -0.3 is 30.3 Å². The van der Waals surface area contributed by atoms with Gasteiger partial charge in [-0.2, -0.15) is 4.76 Å². The predicted molar refractivity (Wildman–Crippen MR) is 136 cm³/mol. The zero-order chi connectivity index (χ0) is 26.3. The Morgan fingerprint density at radius 1 is 1.22 bits per heavy atom. The van der Waals surface area contributed by atoms with Crippen LogP contribution in [-0.4, -0.2) is 47.4 Å². The average molecular weight is 513 g/mol. The lowest BCUT2D eigenvalue weighted by atomic mass is 9.85. The number of nitrogens with one attached hydrogen (secondary N) is 1. The van der Waals surface area contributed by atoms with E-state index in [1.165, 1.54) is 13.2 Å². The fourth-order valence-electron chi connectivity index (χ4n) is 4.38. The molecule has 4 rings (SSSR count). The molecule has 0 fully saturated rings. The zero-order valence-electron chi connectivity index (χ0n) is 20.5. The van der Waals surface area contributed by atoms with Crippen LogP contribution in [0.4, 0.5) is 5.69 Å². The zero-order valence-corrected chi connectivity index (χ0v) is 21.4. The first-order chi connectivity index (χ1) is 16.9. The molecule has 4 N–H and O–H groups in total. The first kappa shape index (κ1) is 25.5. The molecule has 2 unspecified atom stereocenters. The summed E-state index contributed by atoms with van der Waals surface area (Å²) in [7, 11) is -2.61. The fourth-order valence-corrected chi connectivity index (χ4v) is 5.91. The second-order valence-electron chi connectivity index (χ2n) is 9.66. The van der Waals surface area contributed by atoms with Gasteiger partial charge in [0.1, 0.15) is 17.1 Å². The Bertz CT molecular complexity index is 1320. The number of fused-ring (bicyclic) bond motifs is 1. The van der Waals surface area contributed by atoms with E-state index in [4.69, 9.17) is 15.0 Å². The predicted octanol–water partition coefficient (Wildman–Crippen LogP) is 3.11. The number of carbonyl (C=O) groups is 2. The molecule has 2 amide bonds. The maximum atomic E-state index is 13.7. The number of amides is 2. The van der Waals surface area contributed by atoms with Crippen LogP contribution in [0.1, 0.15) is 26.3 Å². The number of benzene rings is 2. The summed E-state index contributed by atoms with van der Waals surface area (Å²) in [6, 6.07) is 13.4. The number of carbonyl (C=O) groups excluding carboxylic acids is 2. The summed E-state index contributed by atoms with van der Waals surface area (Å²) in [6.07, 6.45) is 0. The summed E-state index contributed by atoms with van der Waals surface area (Å²) in [5.41, 5.74) is 5.86. The molecule has 2 heterocycles. The number of anilines is 1. The van der Waals surface area contributed by atoms with Gasteiger partial charge in [-0.25, -0.2) is 0 Å². The van der Waals surface area contributed by atoms with Crippen LogP contribution in [0.5, 0.6) is 5.75 Å². The third-order valence-electron chi connectivity index (χ3n) is 5.94. The Labute approximate surface area is 209 Å². The van der Waals surface area contributed by atoms with Gasteiger partial charge in [0.15, 0.2) is 12.4 Å². The number of ether oxygens (including phenoxy) is 1. The van der Waals surface area contributed by atoms with Crippen LogP contribution in [0.3, 0.4) is 0 Å². The van der Waals surface area contributed by atoms with Crippen molar-refractivity contribution in [3.63, 3.8) is 0 Å². The monoisotopic (exact) mass is 512 g/mol. The van der Waals surface area contributed by atoms with Gasteiger partial charge in [0.2, 0.25) is 0 Å². The SMILES string of the molecule is COP1(=O)N=C(C2=C(O)C(C(C)(C)C)N(Cc3ccccc3)C2=O)Nc2ccc(OCC(N)=O)cc21. The number of aliphatic hydroxyl groups is 1. The summed E-state index contributed by atoms with van der Waals surface area (Å²) in [5, 5.41) is 14.5. The quantitative estimate of drug-likeness (QED) is 0.484. The smallest absolute Gasteiger partial charge is 0.348 e. The van der Waals surface area contributed by atoms with E-state index in [2.05, 4.69) is 10.1 Å². The van der Waals surface area contributed by atoms with Gasteiger partial charge in [-0.1, -0.05) is 51.1 Å². The van der Waals surface area contributed by atoms with Gasteiger partial charge in [-0.05, 0) is 29.2 Å². The van der Waals surface area contributed by atoms with Crippen molar-refractivity contribution in [1.29, 1.82) is 0 Å². The second-order valence-corrected chi connectivity index (χ2v) is 11.7. The van der Waals surface area contributed by atoms with Crippen molar-refractivity contribution >= 4 is 36.2 Å². The van der Waals surface area contributed by atoms with Crippen molar-refractivity contribution in [3.05, 3.63) is 65.4 Å². The number of hydrogen-bond acceptors (Lipinski definition) is 7. The lowest BCUT2D eigenvalue weighted by molar-refractivity contribution is -0.129. The summed E-state index contributed by atoms with van der Waals surface area (Å²) in [4.78, 5) is 26.3. The van der Waals surface area contributed by atoms with Gasteiger partial charge in [-0.3, -0.25) is 14.2 Å². The lowest BCUT2D eigenvalue weighted by Crippen LogP contribution is -2.43. The van der Waals surface area contributed by atoms with E-state index in [0.29, 0.717) is 5.69 Å². The van der Waals surface area contributed by atoms with E-state index in [9.17, 15) is 19.3 Å². The van der Waals surface area contributed by atoms with E-state index in [0.717, 1.165) is 5.56 Å². The molecule has 0 bridgehead atoms. The Hall–Kier alpha value is -3.62. The standard InChI is InChI=1S/C25H29N4O6P/c1-25(2,3)22-21(31)20(24(32)29(22)13-15-8-6-5-7-9-15)23-27-17-11-10-16(35-14-19(26)30)12-18(17)36(33,28-23)34-4/h5-12,22,31H,13-14H2,1-4H3,(H2,26,30)(H,27,28,33). The van der Waals surface area contributed by atoms with Crippen LogP contribution >= 0.6 is 7.52 Å². The van der Waals surface area contributed by atoms with Crippen LogP contribution in [-0.2, 0) is 25.2 Å². The highest BCUT2D eigenvalue weighted by atomic mass is 31.2. The van der Waals surface area contributed by atoms with E-state index in [1.807, 2.05) is 51.1 Å². The van der Waals surface area contributed by atoms with Crippen LogP contribution in [0.15, 0.2) is 64.6 Å². The molecule has 0 aromatic heterocycles. The minimum atomic E-state index is -3.85. The number of nitrogens with zero attached hydrogens (tertiary/aromatic N) is 2. The molecular weight excluding hydrogens is 483 g/mol. The molecule has 190 valence electrons. The van der Waals surface area contributed by atoms with Gasteiger partial charge in [0.25, 0.3) is 11.8 Å². The lowest BCUT2D eigenvalue weighted by Gasteiger charge is -2.35. The number of primary amides is 1. The maximum absolute atomic E-state index is 13.7. The second kappa shape index (κ2) is 9.44. The van der Waals surface area contributed by atoms with Crippen molar-refractivity contribution in [3.8, 4) is 5.75 Å². The van der Waals surface area contributed by atoms with Gasteiger partial charge in [-0.15, -0.1) is 0 Å². The minimum absolute atomic E-state index is 0.0363. The molecule has 2 aliphatic heterocycles. The summed E-state index contributed by atoms with van der Waals surface area (Å²) < 4.78 is 28.6. The third kappa shape index (κ3) is 4.74. The number of rotatable bonds is 7. The normalized spacial score (nSPS) is 21.7. The van der Waals surface area contributed by atoms with Gasteiger partial charge >= 0.3 is 7.52 Å². The number of hydrogen-bond donors (Lipinski definition) is 3. The topological polar surface area (TPSA) is 144 Å². The van der Waals surface area contributed by atoms with Crippen molar-refractivity contribution < 1.29 is 28.5 Å². The summed E-state index contributed by atoms with van der Waals surface area (Å²) >= 11 is 0. The summed E-state index contributed by atoms with van der Waals surface area (Å²) in [6.45, 7) is 5.73. The van der Waals surface area contributed by atoms with Gasteiger partial charge in [0.05, 0.1) is 17.0 Å². The van der Waals surface area contributed by atoms with E-state index in [-0.39, 0.29) is 41.4 Å². The molecule has 0 aliphatic carbocycles. The van der Waals surface area contributed by atoms with E-state index >= 15 is 0 Å². The Morgan fingerprint density at radius 3 is 2.53 bits per heavy atom. The molecule has 0 spiro atoms. The Morgan fingerprint density at radius 2 is 1.92 bits per heavy atom. The first-order valence-corrected chi connectivity index (χ1v) is 12.9. The van der Waals surface area contributed by atoms with E-state index < -0.39 is 30.8 Å². The molecule has 0 radical (unpaired) electrons. The molecule has 36 heavy (non-hydrogen) atoms. The third-order valence-corrected chi connectivity index (χ3v) is 7.88. The minimum Gasteiger partial charge on any atom is -0.509 e. The first-order valence-electron chi connectivity index (χ1n) is 11.3. The number of aliphatic hydroxyl groups excluding tert-OH is 1. The van der Waals surface area contributed by atoms with Crippen LogP contribution < -0.4 is 21.1 Å². The van der Waals surface area contributed by atoms with Crippen LogP contribution in [0.25, 0.3) is 0 Å². The fraction of sp³-hybridized carbons (Fsp3) is 0.320. The molecule has 10 nitrogen and oxygen atoms in total. The highest BCUT2D eigenvalue weighted by Gasteiger charge is 2.48. The molecule has 0 saturated carbocycles. The molecule has 2 aliphatic rings. The Balaban J connectivity index is 1.74. The number of amidine groups is 1. The molecule has 2 aromatic carbocycles. The highest BCUT2D eigenvalue weighted by molar-refractivity contribution is 7.66. The largest absolute Gasteiger partial charge is 0.509 e. The molecule has 2 aromatic rings. The molecule has 11 heteroatoms. The maximum Gasteiger partial charge on any atom is 0.348 e. The van der Waals surface area contributed by atoms with Crippen LogP contribution in [0.2, 0.25) is 0 Å². The van der Waals surface area contributed by atoms with Gasteiger partial charge in [0, 0.05) is 13.7 Å². The average Bonchev–Trinajstić information content (AvgIpc) is 3.07. The molecular formula is C25H29N4O6P. The molecule has 2 atom stereocenters. The highest BCUT2D eigenvalue weighted by Crippen LogP contribution is 2.52.